The molecule has 0 aliphatic heterocycles. The Labute approximate surface area is 461 Å². The second-order valence-electron chi connectivity index (χ2n) is 19.5. The van der Waals surface area contributed by atoms with Crippen LogP contribution in [0, 0.1) is 0 Å². The second kappa shape index (κ2) is 61.8. The smallest absolute Gasteiger partial charge is 0.306 e. The quantitative estimate of drug-likeness (QED) is 0.0261. The minimum atomic E-state index is -0.831. The molecule has 0 spiro atoms. The van der Waals surface area contributed by atoms with Gasteiger partial charge in [0, 0.05) is 19.3 Å². The summed E-state index contributed by atoms with van der Waals surface area (Å²) in [4.78, 5) is 38.2. The average molecular weight is 1040 g/mol. The number of carbonyl (C=O) groups is 3. The van der Waals surface area contributed by atoms with E-state index in [1.807, 2.05) is 12.2 Å². The lowest BCUT2D eigenvalue weighted by molar-refractivity contribution is -0.166. The fourth-order valence-electron chi connectivity index (χ4n) is 7.84. The molecule has 75 heavy (non-hydrogen) atoms. The van der Waals surface area contributed by atoms with Crippen LogP contribution < -0.4 is 0 Å². The van der Waals surface area contributed by atoms with Crippen LogP contribution in [0.1, 0.15) is 252 Å². The molecule has 0 rings (SSSR count). The topological polar surface area (TPSA) is 78.9 Å². The molecule has 0 heterocycles. The van der Waals surface area contributed by atoms with Gasteiger partial charge in [-0.3, -0.25) is 14.4 Å². The van der Waals surface area contributed by atoms with E-state index in [0.717, 1.165) is 128 Å². The van der Waals surface area contributed by atoms with Crippen LogP contribution in [0.25, 0.3) is 0 Å². The molecule has 0 aromatic rings. The highest BCUT2D eigenvalue weighted by molar-refractivity contribution is 5.71. The summed E-state index contributed by atoms with van der Waals surface area (Å²) >= 11 is 0. The van der Waals surface area contributed by atoms with E-state index in [1.54, 1.807) is 0 Å². The number of hydrogen-bond acceptors (Lipinski definition) is 6. The zero-order valence-electron chi connectivity index (χ0n) is 48.3. The van der Waals surface area contributed by atoms with Crippen molar-refractivity contribution in [2.24, 2.45) is 0 Å². The van der Waals surface area contributed by atoms with Gasteiger partial charge >= 0.3 is 17.9 Å². The zero-order chi connectivity index (χ0) is 54.3. The van der Waals surface area contributed by atoms with E-state index in [4.69, 9.17) is 14.2 Å². The Kier molecular flexibility index (Phi) is 58.0. The van der Waals surface area contributed by atoms with Gasteiger partial charge in [0.25, 0.3) is 0 Å². The summed E-state index contributed by atoms with van der Waals surface area (Å²) in [6, 6.07) is 0. The van der Waals surface area contributed by atoms with E-state index < -0.39 is 12.1 Å². The summed E-state index contributed by atoms with van der Waals surface area (Å²) in [5.41, 5.74) is 0. The van der Waals surface area contributed by atoms with E-state index in [9.17, 15) is 14.4 Å². The molecule has 0 fully saturated rings. The SMILES string of the molecule is CC/C=C\C/C=C\C/C=C\C/C=C\C/C=C\C/C=C\CCC(=O)OC(COC(=O)CCCCCCC/C=C\CCCCCC)COC(=O)CCCCCCCCCCC/C=C\C/C=C\C/C=C\C/C=C\C/C=C\CC. The second-order valence-corrected chi connectivity index (χ2v) is 19.5. The van der Waals surface area contributed by atoms with Gasteiger partial charge in [0.15, 0.2) is 6.10 Å². The summed E-state index contributed by atoms with van der Waals surface area (Å²) < 4.78 is 16.8. The Morgan fingerprint density at radius 1 is 0.280 bits per heavy atom. The highest BCUT2D eigenvalue weighted by Crippen LogP contribution is 2.14. The molecule has 0 amide bonds. The van der Waals surface area contributed by atoms with Crippen molar-refractivity contribution >= 4 is 17.9 Å². The van der Waals surface area contributed by atoms with Crippen molar-refractivity contribution in [3.8, 4) is 0 Å². The summed E-state index contributed by atoms with van der Waals surface area (Å²) in [7, 11) is 0. The van der Waals surface area contributed by atoms with E-state index >= 15 is 0 Å². The fraction of sp³-hybridized carbons (Fsp3) is 0.609. The first kappa shape index (κ1) is 70.3. The molecular formula is C69H110O6. The summed E-state index contributed by atoms with van der Waals surface area (Å²) in [6.07, 6.45) is 88.5. The van der Waals surface area contributed by atoms with Gasteiger partial charge < -0.3 is 14.2 Å². The maximum Gasteiger partial charge on any atom is 0.306 e. The van der Waals surface area contributed by atoms with E-state index in [0.29, 0.717) is 19.3 Å². The van der Waals surface area contributed by atoms with E-state index in [-0.39, 0.29) is 31.6 Å². The Balaban J connectivity index is 4.47. The first-order valence-corrected chi connectivity index (χ1v) is 30.3. The van der Waals surface area contributed by atoms with Crippen LogP contribution in [-0.4, -0.2) is 37.2 Å². The predicted octanol–water partition coefficient (Wildman–Crippen LogP) is 20.8. The molecule has 0 N–H and O–H groups in total. The largest absolute Gasteiger partial charge is 0.462 e. The summed E-state index contributed by atoms with van der Waals surface area (Å²) in [6.45, 7) is 6.32. The Bertz CT molecular complexity index is 1660. The molecule has 0 bridgehead atoms. The first-order chi connectivity index (χ1) is 37.0. The monoisotopic (exact) mass is 1030 g/mol. The van der Waals surface area contributed by atoms with Crippen LogP contribution in [0.4, 0.5) is 0 Å². The third-order valence-electron chi connectivity index (χ3n) is 12.3. The molecule has 0 aromatic carbocycles. The van der Waals surface area contributed by atoms with Gasteiger partial charge in [-0.25, -0.2) is 0 Å². The Morgan fingerprint density at radius 3 is 0.880 bits per heavy atom. The maximum absolute atomic E-state index is 12.8. The number of hydrogen-bond donors (Lipinski definition) is 0. The highest BCUT2D eigenvalue weighted by Gasteiger charge is 2.19. The third kappa shape index (κ3) is 60.0. The van der Waals surface area contributed by atoms with Crippen molar-refractivity contribution in [2.75, 3.05) is 13.2 Å². The maximum atomic E-state index is 12.8. The average Bonchev–Trinajstić information content (AvgIpc) is 3.41. The van der Waals surface area contributed by atoms with Gasteiger partial charge in [0.05, 0.1) is 0 Å². The molecular weight excluding hydrogens is 925 g/mol. The van der Waals surface area contributed by atoms with E-state index in [1.165, 1.54) is 77.0 Å². The van der Waals surface area contributed by atoms with Gasteiger partial charge in [-0.05, 0) is 128 Å². The van der Waals surface area contributed by atoms with Crippen LogP contribution in [-0.2, 0) is 28.6 Å². The number of esters is 3. The Morgan fingerprint density at radius 2 is 0.547 bits per heavy atom. The van der Waals surface area contributed by atoms with Crippen LogP contribution >= 0.6 is 0 Å². The third-order valence-corrected chi connectivity index (χ3v) is 12.3. The molecule has 0 aliphatic rings. The van der Waals surface area contributed by atoms with Crippen LogP contribution in [0.3, 0.4) is 0 Å². The summed E-state index contributed by atoms with van der Waals surface area (Å²) in [5, 5.41) is 0. The lowest BCUT2D eigenvalue weighted by Gasteiger charge is -2.18. The van der Waals surface area contributed by atoms with Crippen molar-refractivity contribution < 1.29 is 28.6 Å². The number of ether oxygens (including phenoxy) is 3. The zero-order valence-corrected chi connectivity index (χ0v) is 48.3. The first-order valence-electron chi connectivity index (χ1n) is 30.3. The minimum absolute atomic E-state index is 0.119. The molecule has 0 saturated carbocycles. The predicted molar refractivity (Wildman–Crippen MR) is 325 cm³/mol. The molecule has 6 heteroatoms. The van der Waals surface area contributed by atoms with Crippen molar-refractivity contribution in [3.05, 3.63) is 146 Å². The molecule has 0 saturated heterocycles. The van der Waals surface area contributed by atoms with Crippen LogP contribution in [0.2, 0.25) is 0 Å². The van der Waals surface area contributed by atoms with Crippen molar-refractivity contribution in [1.29, 1.82) is 0 Å². The number of allylic oxidation sites excluding steroid dienone is 24. The lowest BCUT2D eigenvalue weighted by Crippen LogP contribution is -2.30. The van der Waals surface area contributed by atoms with Gasteiger partial charge in [-0.15, -0.1) is 0 Å². The molecule has 0 aliphatic carbocycles. The Hall–Kier alpha value is -4.71. The van der Waals surface area contributed by atoms with Gasteiger partial charge in [0.2, 0.25) is 0 Å². The van der Waals surface area contributed by atoms with Crippen molar-refractivity contribution in [2.45, 2.75) is 258 Å². The number of carbonyl (C=O) groups excluding carboxylic acids is 3. The number of rotatable bonds is 53. The van der Waals surface area contributed by atoms with Crippen molar-refractivity contribution in [3.63, 3.8) is 0 Å². The normalized spacial score (nSPS) is 13.2. The molecule has 6 nitrogen and oxygen atoms in total. The van der Waals surface area contributed by atoms with E-state index in [2.05, 4.69) is 154 Å². The highest BCUT2D eigenvalue weighted by atomic mass is 16.6. The lowest BCUT2D eigenvalue weighted by atomic mass is 10.1. The standard InChI is InChI=1S/C69H110O6/c1-4-7-10-13-16-19-22-25-27-29-31-32-33-34-35-36-38-39-41-44-47-50-53-56-59-62-68(71)74-65-66(64-73-67(70)61-58-55-52-49-46-43-24-21-18-15-12-9-6-3)75-69(72)63-60-57-54-51-48-45-42-40-37-30-28-26-23-20-17-14-11-8-5-2/h7-8,10-11,16-17,19-21,24-28,31-32,34-35,37,40,45,48,54,57,66H,4-6,9,12-15,18,22-23,29-30,33,36,38-39,41-44,46-47,49-53,55-56,58-65H2,1-3H3/b10-7-,11-8-,19-16-,20-17-,24-21-,27-25-,28-26-,32-31-,35-34-,40-37-,48-45-,57-54-. The fourth-order valence-corrected chi connectivity index (χ4v) is 7.84. The van der Waals surface area contributed by atoms with Gasteiger partial charge in [-0.1, -0.05) is 250 Å². The molecule has 1 unspecified atom stereocenters. The van der Waals surface area contributed by atoms with Crippen LogP contribution in [0.15, 0.2) is 146 Å². The molecule has 422 valence electrons. The molecule has 0 aromatic heterocycles. The number of unbranched alkanes of at least 4 members (excludes halogenated alkanes) is 18. The van der Waals surface area contributed by atoms with Gasteiger partial charge in [0.1, 0.15) is 13.2 Å². The minimum Gasteiger partial charge on any atom is -0.462 e. The molecule has 1 atom stereocenters. The summed E-state index contributed by atoms with van der Waals surface area (Å²) in [5.74, 6) is -1.02. The van der Waals surface area contributed by atoms with Crippen LogP contribution in [0.5, 0.6) is 0 Å². The van der Waals surface area contributed by atoms with Gasteiger partial charge in [-0.2, -0.15) is 0 Å². The van der Waals surface area contributed by atoms with Crippen molar-refractivity contribution in [1.82, 2.24) is 0 Å². The molecule has 0 radical (unpaired) electrons.